The second-order valence-corrected chi connectivity index (χ2v) is 6.92. The van der Waals surface area contributed by atoms with Gasteiger partial charge in [0.05, 0.1) is 5.56 Å². The zero-order valence-electron chi connectivity index (χ0n) is 10.7. The zero-order chi connectivity index (χ0) is 13.2. The topological polar surface area (TPSA) is 27.0 Å². The number of nitriles is 1. The van der Waals surface area contributed by atoms with Gasteiger partial charge in [-0.15, -0.1) is 0 Å². The molecule has 96 valence electrons. The number of nitrogens with zero attached hydrogens (tertiary/aromatic N) is 2. The van der Waals surface area contributed by atoms with Crippen LogP contribution >= 0.6 is 11.8 Å². The molecule has 1 aromatic rings. The van der Waals surface area contributed by atoms with Gasteiger partial charge >= 0.3 is 0 Å². The van der Waals surface area contributed by atoms with Crippen LogP contribution in [0, 0.1) is 17.1 Å². The van der Waals surface area contributed by atoms with E-state index in [1.54, 1.807) is 6.07 Å². The lowest BCUT2D eigenvalue weighted by Gasteiger charge is -2.24. The molecule has 0 unspecified atom stereocenters. The number of hydrogen-bond donors (Lipinski definition) is 0. The quantitative estimate of drug-likeness (QED) is 0.777. The molecule has 0 spiro atoms. The van der Waals surface area contributed by atoms with Crippen molar-refractivity contribution in [2.24, 2.45) is 0 Å². The van der Waals surface area contributed by atoms with Gasteiger partial charge < -0.3 is 4.90 Å². The first-order valence-corrected chi connectivity index (χ1v) is 7.09. The lowest BCUT2D eigenvalue weighted by molar-refractivity contribution is 0.618. The van der Waals surface area contributed by atoms with Gasteiger partial charge in [-0.25, -0.2) is 4.39 Å². The van der Waals surface area contributed by atoms with Crippen LogP contribution in [0.1, 0.15) is 25.8 Å². The Balaban J connectivity index is 2.17. The van der Waals surface area contributed by atoms with Gasteiger partial charge in [0.2, 0.25) is 0 Å². The number of anilines is 1. The molecule has 1 aliphatic rings. The third-order valence-electron chi connectivity index (χ3n) is 3.28. The first kappa shape index (κ1) is 13.2. The molecule has 2 rings (SSSR count). The summed E-state index contributed by atoms with van der Waals surface area (Å²) in [7, 11) is 0. The first-order valence-electron chi connectivity index (χ1n) is 6.10. The van der Waals surface area contributed by atoms with Crippen LogP contribution in [0.3, 0.4) is 0 Å². The molecule has 0 atom stereocenters. The summed E-state index contributed by atoms with van der Waals surface area (Å²) in [6.45, 7) is 6.37. The summed E-state index contributed by atoms with van der Waals surface area (Å²) in [5.41, 5.74) is 0.994. The van der Waals surface area contributed by atoms with Crippen LogP contribution in [0.5, 0.6) is 0 Å². The number of thioether (sulfide) groups is 1. The second-order valence-electron chi connectivity index (χ2n) is 5.12. The fraction of sp³-hybridized carbons (Fsp3) is 0.500. The minimum Gasteiger partial charge on any atom is -0.371 e. The molecule has 1 saturated heterocycles. The van der Waals surface area contributed by atoms with Crippen molar-refractivity contribution in [2.75, 3.05) is 23.7 Å². The van der Waals surface area contributed by atoms with E-state index in [0.717, 1.165) is 31.0 Å². The predicted octanol–water partition coefficient (Wildman–Crippen LogP) is 3.42. The summed E-state index contributed by atoms with van der Waals surface area (Å²) < 4.78 is 13.9. The summed E-state index contributed by atoms with van der Waals surface area (Å²) >= 11 is 1.96. The molecule has 1 aromatic carbocycles. The normalized spacial score (nSPS) is 19.1. The summed E-state index contributed by atoms with van der Waals surface area (Å²) in [6.07, 6.45) is 1.08. The Morgan fingerprint density at radius 1 is 1.39 bits per heavy atom. The molecule has 4 heteroatoms. The largest absolute Gasteiger partial charge is 0.371 e. The third kappa shape index (κ3) is 2.97. The van der Waals surface area contributed by atoms with Crippen molar-refractivity contribution in [1.29, 1.82) is 5.26 Å². The smallest absolute Gasteiger partial charge is 0.143 e. The third-order valence-corrected chi connectivity index (χ3v) is 4.65. The molecule has 0 N–H and O–H groups in total. The van der Waals surface area contributed by atoms with Gasteiger partial charge in [-0.2, -0.15) is 17.0 Å². The second kappa shape index (κ2) is 5.19. The van der Waals surface area contributed by atoms with E-state index in [-0.39, 0.29) is 5.56 Å². The predicted molar refractivity (Wildman–Crippen MR) is 74.5 cm³/mol. The van der Waals surface area contributed by atoms with Crippen LogP contribution in [0.4, 0.5) is 10.1 Å². The molecule has 0 amide bonds. The van der Waals surface area contributed by atoms with Crippen molar-refractivity contribution < 1.29 is 4.39 Å². The van der Waals surface area contributed by atoms with Crippen LogP contribution < -0.4 is 4.90 Å². The summed E-state index contributed by atoms with van der Waals surface area (Å²) in [6, 6.07) is 6.73. The molecular formula is C14H17FN2S. The average Bonchev–Trinajstić information content (AvgIpc) is 2.50. The Labute approximate surface area is 112 Å². The SMILES string of the molecule is CC1(C)CCN(c2ccc(C#N)c(F)c2)CCS1. The molecule has 2 nitrogen and oxygen atoms in total. The molecule has 0 aromatic heterocycles. The molecule has 0 aliphatic carbocycles. The highest BCUT2D eigenvalue weighted by Gasteiger charge is 2.24. The monoisotopic (exact) mass is 264 g/mol. The lowest BCUT2D eigenvalue weighted by atomic mass is 10.1. The first-order chi connectivity index (χ1) is 8.52. The zero-order valence-corrected chi connectivity index (χ0v) is 11.6. The minimum absolute atomic E-state index is 0.114. The maximum absolute atomic E-state index is 13.6. The van der Waals surface area contributed by atoms with Gasteiger partial charge in [0, 0.05) is 29.3 Å². The van der Waals surface area contributed by atoms with Gasteiger partial charge in [0.15, 0.2) is 0 Å². The van der Waals surface area contributed by atoms with E-state index in [1.165, 1.54) is 6.07 Å². The Morgan fingerprint density at radius 3 is 2.83 bits per heavy atom. The highest BCUT2D eigenvalue weighted by Crippen LogP contribution is 2.32. The maximum atomic E-state index is 13.6. The van der Waals surface area contributed by atoms with E-state index < -0.39 is 5.82 Å². The molecule has 0 bridgehead atoms. The fourth-order valence-electron chi connectivity index (χ4n) is 2.07. The Bertz CT molecular complexity index is 479. The van der Waals surface area contributed by atoms with Crippen LogP contribution in [-0.4, -0.2) is 23.6 Å². The molecule has 1 fully saturated rings. The van der Waals surface area contributed by atoms with E-state index in [0.29, 0.717) is 4.75 Å². The van der Waals surface area contributed by atoms with E-state index in [1.807, 2.05) is 23.9 Å². The van der Waals surface area contributed by atoms with Gasteiger partial charge in [-0.1, -0.05) is 13.8 Å². The molecule has 0 saturated carbocycles. The molecule has 1 heterocycles. The average molecular weight is 264 g/mol. The number of benzene rings is 1. The highest BCUT2D eigenvalue weighted by molar-refractivity contribution is 8.00. The van der Waals surface area contributed by atoms with Crippen LogP contribution in [0.25, 0.3) is 0 Å². The maximum Gasteiger partial charge on any atom is 0.143 e. The van der Waals surface area contributed by atoms with E-state index in [9.17, 15) is 4.39 Å². The standard InChI is InChI=1S/C14H17FN2S/c1-14(2)5-6-17(7-8-18-14)12-4-3-11(10-16)13(15)9-12/h3-4,9H,5-8H2,1-2H3. The van der Waals surface area contributed by atoms with Crippen molar-refractivity contribution in [2.45, 2.75) is 25.0 Å². The molecular weight excluding hydrogens is 247 g/mol. The number of hydrogen-bond acceptors (Lipinski definition) is 3. The van der Waals surface area contributed by atoms with Crippen molar-refractivity contribution in [3.63, 3.8) is 0 Å². The number of halogens is 1. The van der Waals surface area contributed by atoms with Crippen molar-refractivity contribution >= 4 is 17.4 Å². The minimum atomic E-state index is -0.425. The Morgan fingerprint density at radius 2 is 2.17 bits per heavy atom. The molecule has 18 heavy (non-hydrogen) atoms. The summed E-state index contributed by atoms with van der Waals surface area (Å²) in [4.78, 5) is 2.20. The Hall–Kier alpha value is -1.21. The fourth-order valence-corrected chi connectivity index (χ4v) is 3.17. The van der Waals surface area contributed by atoms with Crippen LogP contribution in [0.15, 0.2) is 18.2 Å². The highest BCUT2D eigenvalue weighted by atomic mass is 32.2. The van der Waals surface area contributed by atoms with E-state index >= 15 is 0 Å². The van der Waals surface area contributed by atoms with Crippen LogP contribution in [-0.2, 0) is 0 Å². The molecule has 1 aliphatic heterocycles. The van der Waals surface area contributed by atoms with Crippen LogP contribution in [0.2, 0.25) is 0 Å². The van der Waals surface area contributed by atoms with Crippen molar-refractivity contribution in [1.82, 2.24) is 0 Å². The lowest BCUT2D eigenvalue weighted by Crippen LogP contribution is -2.27. The van der Waals surface area contributed by atoms with E-state index in [4.69, 9.17) is 5.26 Å². The summed E-state index contributed by atoms with van der Waals surface area (Å²) in [5, 5.41) is 8.73. The van der Waals surface area contributed by atoms with Crippen molar-refractivity contribution in [3.05, 3.63) is 29.6 Å². The summed E-state index contributed by atoms with van der Waals surface area (Å²) in [5.74, 6) is 0.625. The molecule has 0 radical (unpaired) electrons. The van der Waals surface area contributed by atoms with Crippen molar-refractivity contribution in [3.8, 4) is 6.07 Å². The Kier molecular flexibility index (Phi) is 3.82. The van der Waals surface area contributed by atoms with Gasteiger partial charge in [-0.3, -0.25) is 0 Å². The number of rotatable bonds is 1. The van der Waals surface area contributed by atoms with E-state index in [2.05, 4.69) is 18.7 Å². The van der Waals surface area contributed by atoms with Gasteiger partial charge in [0.1, 0.15) is 11.9 Å². The van der Waals surface area contributed by atoms with Gasteiger partial charge in [0.25, 0.3) is 0 Å². The van der Waals surface area contributed by atoms with Gasteiger partial charge in [-0.05, 0) is 24.6 Å².